The average molecular weight is 431 g/mol. The van der Waals surface area contributed by atoms with Crippen LogP contribution in [0.4, 0.5) is 14.9 Å². The summed E-state index contributed by atoms with van der Waals surface area (Å²) in [6.07, 6.45) is 1.38. The molecule has 1 aromatic carbocycles. The van der Waals surface area contributed by atoms with Gasteiger partial charge in [-0.1, -0.05) is 5.16 Å². The van der Waals surface area contributed by atoms with Crippen molar-refractivity contribution in [1.82, 2.24) is 9.88 Å². The topological polar surface area (TPSA) is 133 Å². The molecule has 9 nitrogen and oxygen atoms in total. The van der Waals surface area contributed by atoms with E-state index < -0.39 is 11.9 Å². The number of aryl methyl sites for hydroxylation is 1. The summed E-state index contributed by atoms with van der Waals surface area (Å²) in [6.45, 7) is 4.66. The molecule has 2 aromatic rings. The van der Waals surface area contributed by atoms with Crippen LogP contribution < -0.4 is 21.5 Å². The van der Waals surface area contributed by atoms with Gasteiger partial charge in [-0.25, -0.2) is 9.18 Å². The Morgan fingerprint density at radius 1 is 1.35 bits per heavy atom. The Kier molecular flexibility index (Phi) is 5.24. The quantitative estimate of drug-likeness (QED) is 0.249. The number of rotatable bonds is 5. The van der Waals surface area contributed by atoms with Crippen molar-refractivity contribution in [2.75, 3.05) is 18.0 Å². The number of nitrogens with one attached hydrogen (secondary N) is 1. The van der Waals surface area contributed by atoms with Gasteiger partial charge in [-0.3, -0.25) is 4.79 Å². The van der Waals surface area contributed by atoms with Crippen LogP contribution in [0.2, 0.25) is 0 Å². The lowest BCUT2D eigenvalue weighted by Crippen LogP contribution is -2.38. The highest BCUT2D eigenvalue weighted by Crippen LogP contribution is 2.41. The van der Waals surface area contributed by atoms with E-state index in [1.807, 2.05) is 4.90 Å². The third-order valence-corrected chi connectivity index (χ3v) is 6.39. The molecule has 10 heteroatoms. The monoisotopic (exact) mass is 431 g/mol. The molecule has 0 bridgehead atoms. The summed E-state index contributed by atoms with van der Waals surface area (Å²) in [5.74, 6) is -0.663. The van der Waals surface area contributed by atoms with Gasteiger partial charge in [-0.15, -0.1) is 0 Å². The first-order chi connectivity index (χ1) is 14.7. The van der Waals surface area contributed by atoms with E-state index >= 15 is 4.39 Å². The van der Waals surface area contributed by atoms with E-state index in [0.717, 1.165) is 19.3 Å². The van der Waals surface area contributed by atoms with Gasteiger partial charge in [0.05, 0.1) is 11.2 Å². The zero-order valence-electron chi connectivity index (χ0n) is 17.4. The standard InChI is InChI=1S/C21H26FN5O4/c1-10-18-14(15(20(23)25-31)8-17(28)27(18)13-3-4-13)7-16(22)19(10)26-6-5-12(9-26)11(2)24-21(29)30/h7-8,11-13,24,31H,3-6,9H2,1-2H3,(H2,23,25)(H,29,30)/t11-,12?/m0/s1. The third-order valence-electron chi connectivity index (χ3n) is 6.39. The molecule has 1 aliphatic heterocycles. The second kappa shape index (κ2) is 7.75. The lowest BCUT2D eigenvalue weighted by molar-refractivity contribution is 0.186. The summed E-state index contributed by atoms with van der Waals surface area (Å²) in [6, 6.07) is 2.43. The number of carboxylic acid groups (broad SMARTS) is 1. The molecule has 1 amide bonds. The zero-order valence-corrected chi connectivity index (χ0v) is 17.4. The van der Waals surface area contributed by atoms with E-state index in [0.29, 0.717) is 35.2 Å². The summed E-state index contributed by atoms with van der Waals surface area (Å²) < 4.78 is 17.1. The highest BCUT2D eigenvalue weighted by molar-refractivity contribution is 6.09. The van der Waals surface area contributed by atoms with Gasteiger partial charge in [0.25, 0.3) is 5.56 Å². The second-order valence-electron chi connectivity index (χ2n) is 8.44. The van der Waals surface area contributed by atoms with E-state index in [1.54, 1.807) is 18.4 Å². The molecule has 1 unspecified atom stereocenters. The van der Waals surface area contributed by atoms with Crippen LogP contribution in [0.25, 0.3) is 10.9 Å². The Morgan fingerprint density at radius 2 is 2.06 bits per heavy atom. The summed E-state index contributed by atoms with van der Waals surface area (Å²) in [4.78, 5) is 25.7. The van der Waals surface area contributed by atoms with E-state index in [1.165, 1.54) is 12.1 Å². The number of halogens is 1. The van der Waals surface area contributed by atoms with Gasteiger partial charge >= 0.3 is 6.09 Å². The van der Waals surface area contributed by atoms with Crippen LogP contribution in [-0.2, 0) is 0 Å². The molecule has 1 aliphatic carbocycles. The van der Waals surface area contributed by atoms with Gasteiger partial charge in [-0.2, -0.15) is 0 Å². The number of nitrogens with two attached hydrogens (primary N) is 1. The molecule has 2 heterocycles. The predicted octanol–water partition coefficient (Wildman–Crippen LogP) is 2.36. The highest BCUT2D eigenvalue weighted by Gasteiger charge is 2.33. The summed E-state index contributed by atoms with van der Waals surface area (Å²) in [5, 5.41) is 24.0. The number of aromatic nitrogens is 1. The molecule has 4 rings (SSSR count). The van der Waals surface area contributed by atoms with Crippen molar-refractivity contribution < 1.29 is 19.5 Å². The van der Waals surface area contributed by atoms with Gasteiger partial charge in [-0.05, 0) is 50.7 Å². The van der Waals surface area contributed by atoms with Gasteiger partial charge in [0, 0.05) is 42.2 Å². The van der Waals surface area contributed by atoms with Crippen LogP contribution in [0.3, 0.4) is 0 Å². The average Bonchev–Trinajstić information content (AvgIpc) is 3.43. The van der Waals surface area contributed by atoms with Crippen LogP contribution in [0.1, 0.15) is 43.4 Å². The first-order valence-corrected chi connectivity index (χ1v) is 10.3. The number of hydrogen-bond acceptors (Lipinski definition) is 5. The first-order valence-electron chi connectivity index (χ1n) is 10.3. The fourth-order valence-electron chi connectivity index (χ4n) is 4.71. The fraction of sp³-hybridized carbons (Fsp3) is 0.476. The normalized spacial score (nSPS) is 20.3. The molecule has 0 radical (unpaired) electrons. The van der Waals surface area contributed by atoms with Gasteiger partial charge < -0.3 is 30.8 Å². The number of oxime groups is 1. The SMILES string of the molecule is Cc1c(N2CCC([C@H](C)NC(=O)O)C2)c(F)cc2c(C(N)=NO)cc(=O)n(C3CC3)c12. The predicted molar refractivity (Wildman–Crippen MR) is 115 cm³/mol. The Morgan fingerprint density at radius 3 is 2.68 bits per heavy atom. The second-order valence-corrected chi connectivity index (χ2v) is 8.44. The molecule has 1 saturated heterocycles. The molecule has 1 aromatic heterocycles. The maximum absolute atomic E-state index is 15.4. The third kappa shape index (κ3) is 3.66. The molecule has 1 saturated carbocycles. The number of anilines is 1. The molecular formula is C21H26FN5O4. The van der Waals surface area contributed by atoms with E-state index in [-0.39, 0.29) is 35.0 Å². The molecule has 0 spiro atoms. The van der Waals surface area contributed by atoms with Crippen molar-refractivity contribution in [1.29, 1.82) is 0 Å². The van der Waals surface area contributed by atoms with Gasteiger partial charge in [0.15, 0.2) is 5.84 Å². The zero-order chi connectivity index (χ0) is 22.4. The van der Waals surface area contributed by atoms with Crippen LogP contribution in [0, 0.1) is 18.7 Å². The molecule has 5 N–H and O–H groups in total. The lowest BCUT2D eigenvalue weighted by atomic mass is 10.00. The largest absolute Gasteiger partial charge is 0.465 e. The molecule has 2 aliphatic rings. The van der Waals surface area contributed by atoms with Crippen molar-refractivity contribution in [2.24, 2.45) is 16.8 Å². The van der Waals surface area contributed by atoms with Gasteiger partial charge in [0.1, 0.15) is 5.82 Å². The van der Waals surface area contributed by atoms with Crippen LogP contribution in [-0.4, -0.2) is 45.9 Å². The molecular weight excluding hydrogens is 405 g/mol. The Labute approximate surface area is 177 Å². The molecule has 31 heavy (non-hydrogen) atoms. The van der Waals surface area contributed by atoms with Crippen molar-refractivity contribution in [2.45, 2.75) is 45.2 Å². The van der Waals surface area contributed by atoms with E-state index in [4.69, 9.17) is 16.0 Å². The highest BCUT2D eigenvalue weighted by atomic mass is 19.1. The molecule has 2 fully saturated rings. The number of carbonyl (C=O) groups is 1. The van der Waals surface area contributed by atoms with Crippen LogP contribution in [0.5, 0.6) is 0 Å². The van der Waals surface area contributed by atoms with Crippen molar-refractivity contribution in [3.05, 3.63) is 39.4 Å². The van der Waals surface area contributed by atoms with E-state index in [9.17, 15) is 9.59 Å². The maximum Gasteiger partial charge on any atom is 0.404 e. The smallest absolute Gasteiger partial charge is 0.404 e. The lowest BCUT2D eigenvalue weighted by Gasteiger charge is -2.26. The number of fused-ring (bicyclic) bond motifs is 1. The number of amides is 1. The number of nitrogens with zero attached hydrogens (tertiary/aromatic N) is 3. The summed E-state index contributed by atoms with van der Waals surface area (Å²) in [5.41, 5.74) is 7.33. The summed E-state index contributed by atoms with van der Waals surface area (Å²) in [7, 11) is 0. The van der Waals surface area contributed by atoms with Crippen molar-refractivity contribution in [3.8, 4) is 0 Å². The minimum absolute atomic E-state index is 0.0414. The van der Waals surface area contributed by atoms with Crippen LogP contribution in [0.15, 0.2) is 22.1 Å². The summed E-state index contributed by atoms with van der Waals surface area (Å²) >= 11 is 0. The number of hydrogen-bond donors (Lipinski definition) is 4. The molecule has 166 valence electrons. The number of amidine groups is 1. The molecule has 2 atom stereocenters. The Balaban J connectivity index is 1.84. The number of benzene rings is 1. The Bertz CT molecular complexity index is 1140. The van der Waals surface area contributed by atoms with Crippen molar-refractivity contribution >= 4 is 28.5 Å². The van der Waals surface area contributed by atoms with Gasteiger partial charge in [0.2, 0.25) is 0 Å². The minimum Gasteiger partial charge on any atom is -0.465 e. The fourth-order valence-corrected chi connectivity index (χ4v) is 4.71. The Hall–Kier alpha value is -3.30. The number of pyridine rings is 1. The minimum atomic E-state index is -1.08. The van der Waals surface area contributed by atoms with Crippen molar-refractivity contribution in [3.63, 3.8) is 0 Å². The van der Waals surface area contributed by atoms with Crippen LogP contribution >= 0.6 is 0 Å². The first kappa shape index (κ1) is 21.0. The van der Waals surface area contributed by atoms with E-state index in [2.05, 4.69) is 10.5 Å². The maximum atomic E-state index is 15.4.